The molecule has 2 rings (SSSR count). The minimum atomic E-state index is -0.619. The van der Waals surface area contributed by atoms with Gasteiger partial charge < -0.3 is 15.9 Å². The summed E-state index contributed by atoms with van der Waals surface area (Å²) < 4.78 is 5.79. The number of nitrogens with zero attached hydrogens (tertiary/aromatic N) is 3. The number of nitrogens with one attached hydrogen (secondary N) is 1. The van der Waals surface area contributed by atoms with Gasteiger partial charge in [-0.2, -0.15) is 9.77 Å². The number of hydrogen-bond donors (Lipinski definition) is 2. The first kappa shape index (κ1) is 20.6. The molecule has 0 saturated carbocycles. The number of amides is 1. The van der Waals surface area contributed by atoms with Crippen molar-refractivity contribution in [1.82, 2.24) is 14.9 Å². The number of nitrogens with two attached hydrogens (primary N) is 1. The lowest BCUT2D eigenvalue weighted by atomic mass is 10.1. The minimum Gasteiger partial charge on any atom is -0.462 e. The topological polar surface area (TPSA) is 146 Å². The molecule has 27 heavy (non-hydrogen) atoms. The van der Waals surface area contributed by atoms with Crippen molar-refractivity contribution in [2.75, 3.05) is 23.5 Å². The summed E-state index contributed by atoms with van der Waals surface area (Å²) in [6.07, 6.45) is 0.952. The van der Waals surface area contributed by atoms with E-state index < -0.39 is 17.4 Å². The number of anilines is 1. The van der Waals surface area contributed by atoms with Crippen LogP contribution in [-0.2, 0) is 9.53 Å². The summed E-state index contributed by atoms with van der Waals surface area (Å²) in [7, 11) is 0. The first-order chi connectivity index (χ1) is 12.8. The Kier molecular flexibility index (Phi) is 6.69. The molecule has 0 atom stereocenters. The number of carbonyl (C=O) groups excluding carboxylic acids is 3. The Balaban J connectivity index is 2.20. The molecule has 0 fully saturated rings. The number of thioether (sulfide) groups is 1. The molecule has 0 aliphatic heterocycles. The molecule has 0 saturated heterocycles. The van der Waals surface area contributed by atoms with E-state index in [1.54, 1.807) is 13.8 Å². The van der Waals surface area contributed by atoms with Gasteiger partial charge in [0.15, 0.2) is 5.78 Å². The van der Waals surface area contributed by atoms with Gasteiger partial charge in [0.1, 0.15) is 11.2 Å². The molecule has 10 nitrogen and oxygen atoms in total. The Hall–Kier alpha value is -2.73. The molecule has 0 radical (unpaired) electrons. The van der Waals surface area contributed by atoms with E-state index in [9.17, 15) is 19.2 Å². The molecule has 1 amide bonds. The monoisotopic (exact) mass is 411 g/mol. The van der Waals surface area contributed by atoms with Crippen LogP contribution in [0.3, 0.4) is 0 Å². The number of ketones is 1. The molecule has 0 unspecified atom stereocenters. The number of rotatable bonds is 7. The van der Waals surface area contributed by atoms with Crippen molar-refractivity contribution in [3.63, 3.8) is 0 Å². The average Bonchev–Trinajstić information content (AvgIpc) is 2.92. The molecule has 2 aromatic heterocycles. The van der Waals surface area contributed by atoms with Crippen molar-refractivity contribution in [2.24, 2.45) is 0 Å². The van der Waals surface area contributed by atoms with E-state index in [2.05, 4.69) is 15.5 Å². The van der Waals surface area contributed by atoms with Crippen molar-refractivity contribution in [1.29, 1.82) is 0 Å². The number of Topliss-reactive ketones (excluding diaryl/α,β-unsaturated/α-hetero) is 1. The van der Waals surface area contributed by atoms with Crippen molar-refractivity contribution in [2.45, 2.75) is 25.9 Å². The molecule has 144 valence electrons. The third-order valence-electron chi connectivity index (χ3n) is 3.29. The second kappa shape index (κ2) is 8.77. The molecule has 3 N–H and O–H groups in total. The number of aromatic nitrogens is 3. The molecule has 12 heteroatoms. The zero-order chi connectivity index (χ0) is 20.1. The van der Waals surface area contributed by atoms with E-state index in [1.165, 1.54) is 6.92 Å². The van der Waals surface area contributed by atoms with Crippen LogP contribution >= 0.6 is 23.1 Å². The fraction of sp³-hybridized carbons (Fsp3) is 0.333. The summed E-state index contributed by atoms with van der Waals surface area (Å²) in [4.78, 5) is 48.0. The summed E-state index contributed by atoms with van der Waals surface area (Å²) in [6, 6.07) is 0. The standard InChI is InChI=1S/C15H17N5O5S2/c1-4-25-14(24)11-7(2)12(8(3)21)27-13(11)18-9(22)6-26-15-19-17-5-10(23)20(15)16/h5H,4,6,16H2,1-3H3,(H,18,22). The van der Waals surface area contributed by atoms with Crippen LogP contribution in [-0.4, -0.2) is 44.9 Å². The number of hydrogen-bond acceptors (Lipinski definition) is 10. The first-order valence-corrected chi connectivity index (χ1v) is 9.50. The molecule has 0 aliphatic rings. The van der Waals surface area contributed by atoms with E-state index in [0.29, 0.717) is 10.4 Å². The minimum absolute atomic E-state index is 0.0649. The highest BCUT2D eigenvalue weighted by Crippen LogP contribution is 2.34. The smallest absolute Gasteiger partial charge is 0.341 e. The molecule has 0 bridgehead atoms. The van der Waals surface area contributed by atoms with Crippen LogP contribution < -0.4 is 16.7 Å². The quantitative estimate of drug-likeness (QED) is 0.293. The van der Waals surface area contributed by atoms with Crippen LogP contribution in [0.5, 0.6) is 0 Å². The Morgan fingerprint density at radius 3 is 2.74 bits per heavy atom. The number of nitrogen functional groups attached to an aromatic ring is 1. The van der Waals surface area contributed by atoms with E-state index in [0.717, 1.165) is 34.0 Å². The summed E-state index contributed by atoms with van der Waals surface area (Å²) in [5.74, 6) is 4.08. The predicted molar refractivity (Wildman–Crippen MR) is 101 cm³/mol. The Morgan fingerprint density at radius 2 is 2.11 bits per heavy atom. The maximum absolute atomic E-state index is 12.3. The van der Waals surface area contributed by atoms with Crippen molar-refractivity contribution in [3.8, 4) is 0 Å². The SMILES string of the molecule is CCOC(=O)c1c(NC(=O)CSc2nncc(=O)n2N)sc(C(C)=O)c1C. The summed E-state index contributed by atoms with van der Waals surface area (Å²) in [5, 5.41) is 10.1. The van der Waals surface area contributed by atoms with Gasteiger partial charge in [0, 0.05) is 0 Å². The first-order valence-electron chi connectivity index (χ1n) is 7.70. The zero-order valence-electron chi connectivity index (χ0n) is 14.8. The fourth-order valence-corrected chi connectivity index (χ4v) is 3.88. The van der Waals surface area contributed by atoms with Gasteiger partial charge in [-0.3, -0.25) is 14.4 Å². The van der Waals surface area contributed by atoms with E-state index in [4.69, 9.17) is 10.6 Å². The molecule has 2 heterocycles. The zero-order valence-corrected chi connectivity index (χ0v) is 16.4. The van der Waals surface area contributed by atoms with Gasteiger partial charge in [-0.15, -0.1) is 16.4 Å². The van der Waals surface area contributed by atoms with E-state index in [1.807, 2.05) is 0 Å². The number of esters is 1. The molecular weight excluding hydrogens is 394 g/mol. The van der Waals surface area contributed by atoms with Crippen LogP contribution in [0.4, 0.5) is 5.00 Å². The fourth-order valence-electron chi connectivity index (χ4n) is 2.11. The Labute approximate surface area is 162 Å². The van der Waals surface area contributed by atoms with Gasteiger partial charge in [-0.1, -0.05) is 11.8 Å². The Bertz CT molecular complexity index is 953. The highest BCUT2D eigenvalue weighted by atomic mass is 32.2. The molecule has 0 spiro atoms. The van der Waals surface area contributed by atoms with E-state index >= 15 is 0 Å². The largest absolute Gasteiger partial charge is 0.462 e. The normalized spacial score (nSPS) is 10.5. The molecule has 0 aromatic carbocycles. The van der Waals surface area contributed by atoms with Gasteiger partial charge >= 0.3 is 5.97 Å². The Morgan fingerprint density at radius 1 is 1.41 bits per heavy atom. The lowest BCUT2D eigenvalue weighted by Gasteiger charge is -2.07. The summed E-state index contributed by atoms with van der Waals surface area (Å²) >= 11 is 1.91. The van der Waals surface area contributed by atoms with Crippen LogP contribution in [0.25, 0.3) is 0 Å². The van der Waals surface area contributed by atoms with Crippen LogP contribution in [0, 0.1) is 6.92 Å². The number of thiophene rings is 1. The van der Waals surface area contributed by atoms with Gasteiger partial charge in [0.2, 0.25) is 11.1 Å². The highest BCUT2D eigenvalue weighted by molar-refractivity contribution is 7.99. The van der Waals surface area contributed by atoms with Crippen molar-refractivity contribution >= 4 is 45.8 Å². The summed E-state index contributed by atoms with van der Waals surface area (Å²) in [5.41, 5.74) is 0.0525. The van der Waals surface area contributed by atoms with Crippen LogP contribution in [0.1, 0.15) is 39.4 Å². The van der Waals surface area contributed by atoms with Crippen molar-refractivity contribution in [3.05, 3.63) is 32.6 Å². The lowest BCUT2D eigenvalue weighted by Crippen LogP contribution is -2.30. The average molecular weight is 411 g/mol. The number of carbonyl (C=O) groups is 3. The predicted octanol–water partition coefficient (Wildman–Crippen LogP) is 0.832. The summed E-state index contributed by atoms with van der Waals surface area (Å²) in [6.45, 7) is 4.82. The van der Waals surface area contributed by atoms with E-state index in [-0.39, 0.29) is 33.9 Å². The highest BCUT2D eigenvalue weighted by Gasteiger charge is 2.25. The van der Waals surface area contributed by atoms with Gasteiger partial charge in [-0.25, -0.2) is 4.79 Å². The molecular formula is C15H17N5O5S2. The maximum atomic E-state index is 12.3. The maximum Gasteiger partial charge on any atom is 0.341 e. The van der Waals surface area contributed by atoms with Crippen molar-refractivity contribution < 1.29 is 19.1 Å². The molecule has 0 aliphatic carbocycles. The third kappa shape index (κ3) is 4.71. The van der Waals surface area contributed by atoms with Gasteiger partial charge in [0.25, 0.3) is 5.56 Å². The second-order valence-electron chi connectivity index (χ2n) is 5.21. The second-order valence-corrected chi connectivity index (χ2v) is 7.17. The molecule has 2 aromatic rings. The lowest BCUT2D eigenvalue weighted by molar-refractivity contribution is -0.113. The number of ether oxygens (including phenoxy) is 1. The van der Waals surface area contributed by atoms with Gasteiger partial charge in [0.05, 0.1) is 22.8 Å². The van der Waals surface area contributed by atoms with Crippen LogP contribution in [0.2, 0.25) is 0 Å². The van der Waals surface area contributed by atoms with Gasteiger partial charge in [-0.05, 0) is 26.3 Å². The third-order valence-corrected chi connectivity index (χ3v) is 5.54. The van der Waals surface area contributed by atoms with Crippen LogP contribution in [0.15, 0.2) is 16.1 Å².